The summed E-state index contributed by atoms with van der Waals surface area (Å²) in [6.45, 7) is 5.36. The first kappa shape index (κ1) is 6.44. The molecule has 2 heteroatoms. The Kier molecular flexibility index (Phi) is 1.16. The number of likely N-dealkylation sites (tertiary alicyclic amines) is 2. The quantitative estimate of drug-likeness (QED) is 0.573. The van der Waals surface area contributed by atoms with Crippen molar-refractivity contribution in [3.63, 3.8) is 0 Å². The second kappa shape index (κ2) is 1.99. The largest absolute Gasteiger partial charge is 0.285 e. The predicted molar refractivity (Wildman–Crippen MR) is 44.0 cm³/mol. The van der Waals surface area contributed by atoms with Gasteiger partial charge in [0.05, 0.1) is 5.66 Å². The van der Waals surface area contributed by atoms with Crippen molar-refractivity contribution in [1.82, 2.24) is 9.80 Å². The first-order valence-corrected chi connectivity index (χ1v) is 4.76. The van der Waals surface area contributed by atoms with Gasteiger partial charge in [-0.3, -0.25) is 9.80 Å². The normalized spacial score (nSPS) is 36.0. The molecule has 0 aromatic heterocycles. The average molecular weight is 151 g/mol. The average Bonchev–Trinajstić information content (AvgIpc) is 2.36. The molecule has 61 valence electrons. The summed E-state index contributed by atoms with van der Waals surface area (Å²) in [4.78, 5) is 5.26. The van der Waals surface area contributed by atoms with Crippen LogP contribution in [0.3, 0.4) is 0 Å². The molecular formula is C9H15N2. The molecule has 3 aliphatic rings. The minimum Gasteiger partial charge on any atom is -0.285 e. The van der Waals surface area contributed by atoms with E-state index in [1.165, 1.54) is 45.4 Å². The zero-order chi connectivity index (χ0) is 7.31. The van der Waals surface area contributed by atoms with Gasteiger partial charge in [-0.05, 0) is 25.7 Å². The Bertz CT molecular complexity index is 150. The molecule has 0 bridgehead atoms. The highest BCUT2D eigenvalue weighted by Crippen LogP contribution is 2.47. The van der Waals surface area contributed by atoms with Crippen LogP contribution in [0.1, 0.15) is 19.3 Å². The van der Waals surface area contributed by atoms with Gasteiger partial charge in [-0.15, -0.1) is 0 Å². The highest BCUT2D eigenvalue weighted by atomic mass is 15.5. The van der Waals surface area contributed by atoms with Crippen LogP contribution in [-0.4, -0.2) is 41.6 Å². The van der Waals surface area contributed by atoms with Crippen LogP contribution >= 0.6 is 0 Å². The van der Waals surface area contributed by atoms with Gasteiger partial charge in [-0.25, -0.2) is 0 Å². The molecule has 0 amide bonds. The minimum absolute atomic E-state index is 0.483. The molecular weight excluding hydrogens is 136 g/mol. The Labute approximate surface area is 68.2 Å². The molecule has 0 atom stereocenters. The zero-order valence-corrected chi connectivity index (χ0v) is 6.92. The molecule has 0 unspecified atom stereocenters. The van der Waals surface area contributed by atoms with E-state index in [4.69, 9.17) is 0 Å². The molecule has 2 saturated heterocycles. The molecule has 2 nitrogen and oxygen atoms in total. The van der Waals surface area contributed by atoms with E-state index in [2.05, 4.69) is 16.2 Å². The van der Waals surface area contributed by atoms with Crippen molar-refractivity contribution in [2.75, 3.05) is 26.2 Å². The van der Waals surface area contributed by atoms with Crippen molar-refractivity contribution < 1.29 is 0 Å². The fourth-order valence-electron chi connectivity index (χ4n) is 2.21. The Morgan fingerprint density at radius 1 is 0.909 bits per heavy atom. The van der Waals surface area contributed by atoms with E-state index in [0.29, 0.717) is 5.66 Å². The van der Waals surface area contributed by atoms with Crippen LogP contribution < -0.4 is 0 Å². The number of nitrogens with zero attached hydrogens (tertiary/aromatic N) is 2. The maximum absolute atomic E-state index is 2.63. The van der Waals surface area contributed by atoms with E-state index in [0.717, 1.165) is 0 Å². The van der Waals surface area contributed by atoms with Gasteiger partial charge in [0.15, 0.2) is 0 Å². The Morgan fingerprint density at radius 3 is 1.55 bits per heavy atom. The summed E-state index contributed by atoms with van der Waals surface area (Å²) in [5.74, 6) is 0. The maximum Gasteiger partial charge on any atom is 0.0775 e. The van der Waals surface area contributed by atoms with E-state index in [1.54, 1.807) is 0 Å². The van der Waals surface area contributed by atoms with Crippen molar-refractivity contribution in [3.05, 3.63) is 6.42 Å². The highest BCUT2D eigenvalue weighted by molar-refractivity contribution is 5.20. The smallest absolute Gasteiger partial charge is 0.0775 e. The molecule has 1 radical (unpaired) electrons. The van der Waals surface area contributed by atoms with Crippen molar-refractivity contribution in [1.29, 1.82) is 0 Å². The van der Waals surface area contributed by atoms with Crippen LogP contribution in [0.2, 0.25) is 0 Å². The van der Waals surface area contributed by atoms with E-state index in [-0.39, 0.29) is 0 Å². The second-order valence-electron chi connectivity index (χ2n) is 3.97. The summed E-state index contributed by atoms with van der Waals surface area (Å²) < 4.78 is 0. The highest BCUT2D eigenvalue weighted by Gasteiger charge is 2.55. The molecule has 0 N–H and O–H groups in total. The topological polar surface area (TPSA) is 6.48 Å². The van der Waals surface area contributed by atoms with Crippen LogP contribution in [0.4, 0.5) is 0 Å². The Hall–Kier alpha value is -0.0800. The van der Waals surface area contributed by atoms with Crippen molar-refractivity contribution in [2.24, 2.45) is 0 Å². The lowest BCUT2D eigenvalue weighted by Crippen LogP contribution is -2.60. The maximum atomic E-state index is 2.63. The van der Waals surface area contributed by atoms with Crippen LogP contribution in [0.15, 0.2) is 0 Å². The van der Waals surface area contributed by atoms with Crippen LogP contribution in [0, 0.1) is 6.42 Å². The molecule has 1 aliphatic carbocycles. The molecule has 2 heterocycles. The Morgan fingerprint density at radius 2 is 1.36 bits per heavy atom. The number of hydrogen-bond donors (Lipinski definition) is 0. The van der Waals surface area contributed by atoms with E-state index in [1.807, 2.05) is 0 Å². The third-order valence-electron chi connectivity index (χ3n) is 3.38. The van der Waals surface area contributed by atoms with Crippen molar-refractivity contribution in [2.45, 2.75) is 24.9 Å². The van der Waals surface area contributed by atoms with Gasteiger partial charge in [0.1, 0.15) is 0 Å². The molecule has 1 saturated carbocycles. The lowest BCUT2D eigenvalue weighted by molar-refractivity contribution is -0.0417. The Balaban J connectivity index is 1.71. The van der Waals surface area contributed by atoms with Gasteiger partial charge >= 0.3 is 0 Å². The van der Waals surface area contributed by atoms with E-state index < -0.39 is 0 Å². The predicted octanol–water partition coefficient (Wildman–Crippen LogP) is 0.702. The van der Waals surface area contributed by atoms with Gasteiger partial charge in [0, 0.05) is 26.2 Å². The number of hydrogen-bond acceptors (Lipinski definition) is 2. The first-order chi connectivity index (χ1) is 5.42. The zero-order valence-electron chi connectivity index (χ0n) is 6.92. The van der Waals surface area contributed by atoms with Gasteiger partial charge in [-0.2, -0.15) is 0 Å². The summed E-state index contributed by atoms with van der Waals surface area (Å²) in [6, 6.07) is 0. The fourth-order valence-corrected chi connectivity index (χ4v) is 2.21. The summed E-state index contributed by atoms with van der Waals surface area (Å²) >= 11 is 0. The van der Waals surface area contributed by atoms with Gasteiger partial charge < -0.3 is 0 Å². The summed E-state index contributed by atoms with van der Waals surface area (Å²) in [5, 5.41) is 0. The summed E-state index contributed by atoms with van der Waals surface area (Å²) in [6.07, 6.45) is 6.64. The fraction of sp³-hybridized carbons (Fsp3) is 0.889. The molecule has 3 fully saturated rings. The van der Waals surface area contributed by atoms with Gasteiger partial charge in [-0.1, -0.05) is 0 Å². The summed E-state index contributed by atoms with van der Waals surface area (Å²) in [7, 11) is 0. The van der Waals surface area contributed by atoms with Crippen LogP contribution in [-0.2, 0) is 0 Å². The SMILES string of the molecule is [CH]1CC1(N1CCC1)N1CCC1. The van der Waals surface area contributed by atoms with E-state index >= 15 is 0 Å². The standard InChI is InChI=1S/C9H15N2/c1-5-10(6-1)9(3-4-9)11-7-2-8-11/h3H,1-2,4-8H2. The van der Waals surface area contributed by atoms with Crippen LogP contribution in [0.25, 0.3) is 0 Å². The third kappa shape index (κ3) is 0.744. The first-order valence-electron chi connectivity index (χ1n) is 4.76. The molecule has 2 aliphatic heterocycles. The molecule has 11 heavy (non-hydrogen) atoms. The van der Waals surface area contributed by atoms with Crippen molar-refractivity contribution in [3.8, 4) is 0 Å². The summed E-state index contributed by atoms with van der Waals surface area (Å²) in [5.41, 5.74) is 0.483. The third-order valence-corrected chi connectivity index (χ3v) is 3.38. The van der Waals surface area contributed by atoms with Gasteiger partial charge in [0.25, 0.3) is 0 Å². The lowest BCUT2D eigenvalue weighted by atomic mass is 10.1. The molecule has 0 spiro atoms. The monoisotopic (exact) mass is 151 g/mol. The van der Waals surface area contributed by atoms with Gasteiger partial charge in [0.2, 0.25) is 0 Å². The minimum atomic E-state index is 0.483. The molecule has 0 aromatic carbocycles. The molecule has 0 aromatic rings. The lowest BCUT2D eigenvalue weighted by Gasteiger charge is -2.48. The second-order valence-corrected chi connectivity index (χ2v) is 3.97. The van der Waals surface area contributed by atoms with E-state index in [9.17, 15) is 0 Å². The van der Waals surface area contributed by atoms with Crippen LogP contribution in [0.5, 0.6) is 0 Å². The van der Waals surface area contributed by atoms with Crippen molar-refractivity contribution >= 4 is 0 Å². The number of rotatable bonds is 2. The molecule has 3 rings (SSSR count).